The number of likely N-dealkylation sites (N-methyl/N-ethyl adjacent to an activating group) is 1. The Kier molecular flexibility index (Phi) is 3.49. The Balaban J connectivity index is 1.54. The minimum Gasteiger partial charge on any atom is -0.392 e. The summed E-state index contributed by atoms with van der Waals surface area (Å²) in [5.41, 5.74) is -0.172. The Morgan fingerprint density at radius 3 is 2.71 bits per heavy atom. The molecule has 3 aliphatic rings. The van der Waals surface area contributed by atoms with Crippen LogP contribution in [0.5, 0.6) is 0 Å². The highest BCUT2D eigenvalue weighted by Gasteiger charge is 2.63. The normalized spacial score (nSPS) is 29.9. The second kappa shape index (κ2) is 5.34. The summed E-state index contributed by atoms with van der Waals surface area (Å²) in [6, 6.07) is 6.17. The van der Waals surface area contributed by atoms with E-state index in [0.717, 1.165) is 0 Å². The number of piperazine rings is 1. The van der Waals surface area contributed by atoms with Gasteiger partial charge in [0.05, 0.1) is 12.1 Å². The van der Waals surface area contributed by atoms with E-state index in [-0.39, 0.29) is 17.6 Å². The third kappa shape index (κ3) is 2.12. The number of halogens is 1. The first-order valence-corrected chi connectivity index (χ1v) is 8.15. The van der Waals surface area contributed by atoms with Gasteiger partial charge in [0.15, 0.2) is 0 Å². The van der Waals surface area contributed by atoms with Gasteiger partial charge in [-0.3, -0.25) is 24.3 Å². The summed E-state index contributed by atoms with van der Waals surface area (Å²) in [4.78, 5) is 30.1. The van der Waals surface area contributed by atoms with Crippen LogP contribution in [0.25, 0.3) is 0 Å². The number of hydrogen-bond donors (Lipinski definition) is 1. The van der Waals surface area contributed by atoms with Crippen LogP contribution in [0.2, 0.25) is 0 Å². The first-order chi connectivity index (χ1) is 11.4. The van der Waals surface area contributed by atoms with Crippen LogP contribution in [-0.2, 0) is 16.1 Å². The van der Waals surface area contributed by atoms with E-state index in [0.29, 0.717) is 38.2 Å². The summed E-state index contributed by atoms with van der Waals surface area (Å²) in [6.07, 6.45) is -0.221. The van der Waals surface area contributed by atoms with Crippen LogP contribution in [0.4, 0.5) is 4.39 Å². The Hall–Kier alpha value is -1.83. The lowest BCUT2D eigenvalue weighted by Crippen LogP contribution is -2.80. The predicted molar refractivity (Wildman–Crippen MR) is 83.3 cm³/mol. The number of hydrogen-bond acceptors (Lipinski definition) is 5. The van der Waals surface area contributed by atoms with Crippen LogP contribution < -0.4 is 0 Å². The van der Waals surface area contributed by atoms with Crippen LogP contribution in [0.3, 0.4) is 0 Å². The predicted octanol–water partition coefficient (Wildman–Crippen LogP) is -0.186. The number of aliphatic hydroxyl groups is 1. The maximum atomic E-state index is 13.8. The first kappa shape index (κ1) is 15.7. The van der Waals surface area contributed by atoms with Crippen molar-refractivity contribution in [3.05, 3.63) is 35.6 Å². The SMILES string of the molecule is CN1C(=O)[C@@H]2C[C@@H](O)CN2C2(CN(Cc3ccccc3F)C2)C1=O. The van der Waals surface area contributed by atoms with Crippen molar-refractivity contribution >= 4 is 11.8 Å². The average Bonchev–Trinajstić information content (AvgIpc) is 2.91. The lowest BCUT2D eigenvalue weighted by molar-refractivity contribution is -0.178. The highest BCUT2D eigenvalue weighted by atomic mass is 19.1. The van der Waals surface area contributed by atoms with Crippen molar-refractivity contribution in [1.29, 1.82) is 0 Å². The molecule has 3 heterocycles. The summed E-state index contributed by atoms with van der Waals surface area (Å²) in [5.74, 6) is -0.715. The molecule has 6 nitrogen and oxygen atoms in total. The molecular weight excluding hydrogens is 313 g/mol. The van der Waals surface area contributed by atoms with Crippen LogP contribution in [0, 0.1) is 5.82 Å². The number of carbonyl (C=O) groups excluding carboxylic acids is 2. The molecule has 2 atom stereocenters. The standard InChI is InChI=1S/C17H20FN3O3/c1-19-15(23)14-6-12(22)8-21(14)17(16(19)24)9-20(10-17)7-11-4-2-3-5-13(11)18/h2-5,12,14,22H,6-10H2,1H3/t12-,14+/m1/s1. The fraction of sp³-hybridized carbons (Fsp3) is 0.529. The van der Waals surface area contributed by atoms with Crippen molar-refractivity contribution in [3.63, 3.8) is 0 Å². The number of nitrogens with zero attached hydrogens (tertiary/aromatic N) is 3. The van der Waals surface area contributed by atoms with Gasteiger partial charge < -0.3 is 5.11 Å². The van der Waals surface area contributed by atoms with Crippen LogP contribution in [0.1, 0.15) is 12.0 Å². The summed E-state index contributed by atoms with van der Waals surface area (Å²) >= 11 is 0. The number of likely N-dealkylation sites (tertiary alicyclic amines) is 1. The molecule has 1 N–H and O–H groups in total. The molecule has 3 aliphatic heterocycles. The van der Waals surface area contributed by atoms with Crippen molar-refractivity contribution in [2.75, 3.05) is 26.7 Å². The molecule has 0 bridgehead atoms. The Bertz CT molecular complexity index is 704. The van der Waals surface area contributed by atoms with Crippen LogP contribution >= 0.6 is 0 Å². The van der Waals surface area contributed by atoms with Crippen LogP contribution in [-0.4, -0.2) is 76.0 Å². The third-order valence-corrected chi connectivity index (χ3v) is 5.47. The minimum atomic E-state index is -0.768. The number of imide groups is 1. The summed E-state index contributed by atoms with van der Waals surface area (Å²) in [7, 11) is 1.51. The topological polar surface area (TPSA) is 64.1 Å². The molecule has 1 spiro atoms. The molecule has 3 saturated heterocycles. The number of amides is 2. The molecule has 3 fully saturated rings. The number of benzene rings is 1. The fourth-order valence-corrected chi connectivity index (χ4v) is 4.27. The van der Waals surface area contributed by atoms with Gasteiger partial charge in [-0.25, -0.2) is 4.39 Å². The number of rotatable bonds is 2. The van der Waals surface area contributed by atoms with Gasteiger partial charge in [-0.2, -0.15) is 0 Å². The summed E-state index contributed by atoms with van der Waals surface area (Å²) in [6.45, 7) is 1.66. The Morgan fingerprint density at radius 2 is 2.00 bits per heavy atom. The number of fused-ring (bicyclic) bond motifs is 2. The maximum Gasteiger partial charge on any atom is 0.252 e. The van der Waals surface area contributed by atoms with Gasteiger partial charge in [0.25, 0.3) is 5.91 Å². The minimum absolute atomic E-state index is 0.220. The number of β-amino-alcohol motifs (C(OH)–C–C–N with tert-alkyl or cyclic N) is 1. The lowest BCUT2D eigenvalue weighted by atomic mass is 9.82. The van der Waals surface area contributed by atoms with Crippen molar-refractivity contribution in [3.8, 4) is 0 Å². The highest BCUT2D eigenvalue weighted by molar-refractivity contribution is 6.05. The van der Waals surface area contributed by atoms with Gasteiger partial charge in [0.1, 0.15) is 11.4 Å². The molecule has 24 heavy (non-hydrogen) atoms. The van der Waals surface area contributed by atoms with Crippen molar-refractivity contribution < 1.29 is 19.1 Å². The van der Waals surface area contributed by atoms with Gasteiger partial charge >= 0.3 is 0 Å². The van der Waals surface area contributed by atoms with E-state index < -0.39 is 17.7 Å². The molecular formula is C17H20FN3O3. The Morgan fingerprint density at radius 1 is 1.29 bits per heavy atom. The van der Waals surface area contributed by atoms with E-state index >= 15 is 0 Å². The van der Waals surface area contributed by atoms with Gasteiger partial charge in [-0.15, -0.1) is 0 Å². The lowest BCUT2D eigenvalue weighted by Gasteiger charge is -2.58. The smallest absolute Gasteiger partial charge is 0.252 e. The molecule has 1 aromatic rings. The monoisotopic (exact) mass is 333 g/mol. The zero-order chi connectivity index (χ0) is 17.1. The molecule has 2 amide bonds. The van der Waals surface area contributed by atoms with Gasteiger partial charge in [0.2, 0.25) is 5.91 Å². The molecule has 4 rings (SSSR count). The van der Waals surface area contributed by atoms with Gasteiger partial charge in [-0.1, -0.05) is 18.2 Å². The maximum absolute atomic E-state index is 13.8. The van der Waals surface area contributed by atoms with E-state index in [1.165, 1.54) is 18.0 Å². The zero-order valence-corrected chi connectivity index (χ0v) is 13.5. The summed E-state index contributed by atoms with van der Waals surface area (Å²) in [5, 5.41) is 9.95. The van der Waals surface area contributed by atoms with E-state index in [2.05, 4.69) is 0 Å². The molecule has 0 radical (unpaired) electrons. The molecule has 128 valence electrons. The second-order valence-electron chi connectivity index (χ2n) is 7.03. The molecule has 0 aromatic heterocycles. The quantitative estimate of drug-likeness (QED) is 0.761. The molecule has 1 aromatic carbocycles. The van der Waals surface area contributed by atoms with E-state index in [1.54, 1.807) is 18.2 Å². The van der Waals surface area contributed by atoms with E-state index in [1.807, 2.05) is 9.80 Å². The second-order valence-corrected chi connectivity index (χ2v) is 7.03. The zero-order valence-electron chi connectivity index (χ0n) is 13.5. The first-order valence-electron chi connectivity index (χ1n) is 8.15. The van der Waals surface area contributed by atoms with E-state index in [9.17, 15) is 19.1 Å². The van der Waals surface area contributed by atoms with Crippen molar-refractivity contribution in [2.45, 2.75) is 30.7 Å². The number of aliphatic hydroxyl groups excluding tert-OH is 1. The molecule has 0 aliphatic carbocycles. The third-order valence-electron chi connectivity index (χ3n) is 5.47. The Labute approximate surface area is 139 Å². The fourth-order valence-electron chi connectivity index (χ4n) is 4.27. The summed E-state index contributed by atoms with van der Waals surface area (Å²) < 4.78 is 13.8. The number of carbonyl (C=O) groups is 2. The van der Waals surface area contributed by atoms with Crippen LogP contribution in [0.15, 0.2) is 24.3 Å². The molecule has 7 heteroatoms. The van der Waals surface area contributed by atoms with Gasteiger partial charge in [-0.05, 0) is 12.5 Å². The van der Waals surface area contributed by atoms with Crippen molar-refractivity contribution in [1.82, 2.24) is 14.7 Å². The van der Waals surface area contributed by atoms with Gasteiger partial charge in [0, 0.05) is 38.8 Å². The molecule has 0 saturated carbocycles. The molecule has 0 unspecified atom stereocenters. The van der Waals surface area contributed by atoms with E-state index in [4.69, 9.17) is 0 Å². The van der Waals surface area contributed by atoms with Crippen molar-refractivity contribution in [2.24, 2.45) is 0 Å². The highest BCUT2D eigenvalue weighted by Crippen LogP contribution is 2.40. The average molecular weight is 333 g/mol. The largest absolute Gasteiger partial charge is 0.392 e.